The lowest BCUT2D eigenvalue weighted by atomic mass is 10.2. The molecule has 2 aromatic rings. The SMILES string of the molecule is OCCN(Cc1cn2cc(Cl)ccc2n1)C1CCCC1. The maximum Gasteiger partial charge on any atom is 0.137 e. The third-order valence-electron chi connectivity index (χ3n) is 4.06. The molecule has 0 radical (unpaired) electrons. The third-order valence-corrected chi connectivity index (χ3v) is 4.28. The maximum absolute atomic E-state index is 9.27. The number of nitrogens with zero attached hydrogens (tertiary/aromatic N) is 3. The second kappa shape index (κ2) is 6.12. The van der Waals surface area contributed by atoms with Crippen molar-refractivity contribution in [3.8, 4) is 0 Å². The van der Waals surface area contributed by atoms with Gasteiger partial charge < -0.3 is 9.51 Å². The maximum atomic E-state index is 9.27. The zero-order valence-electron chi connectivity index (χ0n) is 11.5. The molecule has 0 saturated heterocycles. The molecule has 0 amide bonds. The van der Waals surface area contributed by atoms with E-state index in [-0.39, 0.29) is 6.61 Å². The van der Waals surface area contributed by atoms with Gasteiger partial charge in [0.05, 0.1) is 17.3 Å². The lowest BCUT2D eigenvalue weighted by molar-refractivity contribution is 0.143. The molecule has 4 nitrogen and oxygen atoms in total. The molecule has 1 aliphatic rings. The second-order valence-corrected chi connectivity index (χ2v) is 5.91. The number of pyridine rings is 1. The molecular weight excluding hydrogens is 274 g/mol. The van der Waals surface area contributed by atoms with Crippen LogP contribution in [-0.2, 0) is 6.54 Å². The monoisotopic (exact) mass is 293 g/mol. The van der Waals surface area contributed by atoms with Gasteiger partial charge in [0, 0.05) is 31.5 Å². The van der Waals surface area contributed by atoms with Crippen molar-refractivity contribution in [1.29, 1.82) is 0 Å². The van der Waals surface area contributed by atoms with Gasteiger partial charge in [0.15, 0.2) is 0 Å². The Balaban J connectivity index is 1.78. The van der Waals surface area contributed by atoms with Gasteiger partial charge in [-0.3, -0.25) is 4.90 Å². The molecule has 1 aliphatic carbocycles. The van der Waals surface area contributed by atoms with Crippen molar-refractivity contribution >= 4 is 17.2 Å². The standard InChI is InChI=1S/C15H20ClN3O/c16-12-5-6-15-17-13(11-19(15)9-12)10-18(7-8-20)14-3-1-2-4-14/h5-6,9,11,14,20H,1-4,7-8,10H2. The predicted octanol–water partition coefficient (Wildman–Crippen LogP) is 2.72. The smallest absolute Gasteiger partial charge is 0.137 e. The fourth-order valence-corrected chi connectivity index (χ4v) is 3.26. The van der Waals surface area contributed by atoms with Crippen LogP contribution in [0.5, 0.6) is 0 Å². The average Bonchev–Trinajstić information content (AvgIpc) is 3.06. The summed E-state index contributed by atoms with van der Waals surface area (Å²) in [5.41, 5.74) is 1.95. The minimum absolute atomic E-state index is 0.204. The highest BCUT2D eigenvalue weighted by Gasteiger charge is 2.22. The lowest BCUT2D eigenvalue weighted by Gasteiger charge is -2.27. The molecule has 0 spiro atoms. The Morgan fingerprint density at radius 1 is 1.30 bits per heavy atom. The average molecular weight is 294 g/mol. The van der Waals surface area contributed by atoms with Gasteiger partial charge in [-0.15, -0.1) is 0 Å². The Hall–Kier alpha value is -1.10. The van der Waals surface area contributed by atoms with Gasteiger partial charge >= 0.3 is 0 Å². The van der Waals surface area contributed by atoms with E-state index >= 15 is 0 Å². The number of aliphatic hydroxyl groups is 1. The largest absolute Gasteiger partial charge is 0.395 e. The molecule has 108 valence electrons. The van der Waals surface area contributed by atoms with E-state index in [0.29, 0.717) is 11.1 Å². The van der Waals surface area contributed by atoms with E-state index in [1.165, 1.54) is 25.7 Å². The molecular formula is C15H20ClN3O. The first-order chi connectivity index (χ1) is 9.76. The lowest BCUT2D eigenvalue weighted by Crippen LogP contribution is -2.35. The Morgan fingerprint density at radius 2 is 2.10 bits per heavy atom. The van der Waals surface area contributed by atoms with Gasteiger partial charge in [0.25, 0.3) is 0 Å². The quantitative estimate of drug-likeness (QED) is 0.921. The number of fused-ring (bicyclic) bond motifs is 1. The first kappa shape index (κ1) is 13.9. The summed E-state index contributed by atoms with van der Waals surface area (Å²) in [6.45, 7) is 1.72. The minimum Gasteiger partial charge on any atom is -0.395 e. The van der Waals surface area contributed by atoms with Crippen LogP contribution < -0.4 is 0 Å². The van der Waals surface area contributed by atoms with E-state index < -0.39 is 0 Å². The topological polar surface area (TPSA) is 40.8 Å². The summed E-state index contributed by atoms with van der Waals surface area (Å²) in [5, 5.41) is 9.98. The molecule has 20 heavy (non-hydrogen) atoms. The van der Waals surface area contributed by atoms with Crippen LogP contribution in [-0.4, -0.2) is 38.6 Å². The minimum atomic E-state index is 0.204. The molecule has 0 aromatic carbocycles. The number of rotatable bonds is 5. The van der Waals surface area contributed by atoms with Crippen molar-refractivity contribution < 1.29 is 5.11 Å². The van der Waals surface area contributed by atoms with Crippen LogP contribution in [0.15, 0.2) is 24.5 Å². The van der Waals surface area contributed by atoms with Gasteiger partial charge in [-0.1, -0.05) is 24.4 Å². The van der Waals surface area contributed by atoms with Crippen LogP contribution in [0, 0.1) is 0 Å². The Labute approximate surface area is 124 Å². The van der Waals surface area contributed by atoms with Gasteiger partial charge in [-0.05, 0) is 25.0 Å². The summed E-state index contributed by atoms with van der Waals surface area (Å²) in [4.78, 5) is 6.99. The first-order valence-corrected chi connectivity index (χ1v) is 7.62. The van der Waals surface area contributed by atoms with E-state index in [1.807, 2.05) is 28.9 Å². The van der Waals surface area contributed by atoms with Crippen molar-refractivity contribution in [2.24, 2.45) is 0 Å². The molecule has 5 heteroatoms. The van der Waals surface area contributed by atoms with Crippen molar-refractivity contribution in [3.05, 3.63) is 35.2 Å². The third kappa shape index (κ3) is 2.97. The zero-order valence-corrected chi connectivity index (χ0v) is 12.3. The van der Waals surface area contributed by atoms with Crippen molar-refractivity contribution in [1.82, 2.24) is 14.3 Å². The van der Waals surface area contributed by atoms with Crippen LogP contribution in [0.2, 0.25) is 5.02 Å². The summed E-state index contributed by atoms with van der Waals surface area (Å²) in [7, 11) is 0. The Morgan fingerprint density at radius 3 is 2.85 bits per heavy atom. The summed E-state index contributed by atoms with van der Waals surface area (Å²) in [6.07, 6.45) is 8.97. The Bertz CT molecular complexity index is 578. The normalized spacial score (nSPS) is 16.6. The van der Waals surface area contributed by atoms with Crippen molar-refractivity contribution in [2.75, 3.05) is 13.2 Å². The number of aliphatic hydroxyl groups excluding tert-OH is 1. The zero-order chi connectivity index (χ0) is 13.9. The molecule has 3 rings (SSSR count). The summed E-state index contributed by atoms with van der Waals surface area (Å²) < 4.78 is 1.96. The molecule has 2 aromatic heterocycles. The molecule has 0 aliphatic heterocycles. The van der Waals surface area contributed by atoms with Crippen molar-refractivity contribution in [2.45, 2.75) is 38.3 Å². The number of halogens is 1. The molecule has 1 saturated carbocycles. The van der Waals surface area contributed by atoms with E-state index in [4.69, 9.17) is 11.6 Å². The van der Waals surface area contributed by atoms with Gasteiger partial charge in [-0.25, -0.2) is 4.98 Å². The van der Waals surface area contributed by atoms with Crippen LogP contribution >= 0.6 is 11.6 Å². The van der Waals surface area contributed by atoms with E-state index in [2.05, 4.69) is 9.88 Å². The van der Waals surface area contributed by atoms with Crippen molar-refractivity contribution in [3.63, 3.8) is 0 Å². The van der Waals surface area contributed by atoms with Crippen LogP contribution in [0.1, 0.15) is 31.4 Å². The predicted molar refractivity (Wildman–Crippen MR) is 80.0 cm³/mol. The highest BCUT2D eigenvalue weighted by molar-refractivity contribution is 6.30. The van der Waals surface area contributed by atoms with Gasteiger partial charge in [-0.2, -0.15) is 0 Å². The van der Waals surface area contributed by atoms with E-state index in [9.17, 15) is 5.11 Å². The molecule has 1 fully saturated rings. The number of aromatic nitrogens is 2. The second-order valence-electron chi connectivity index (χ2n) is 5.48. The summed E-state index contributed by atoms with van der Waals surface area (Å²) >= 11 is 5.99. The molecule has 0 unspecified atom stereocenters. The van der Waals surface area contributed by atoms with Gasteiger partial charge in [0.1, 0.15) is 5.65 Å². The van der Waals surface area contributed by atoms with Crippen LogP contribution in [0.25, 0.3) is 5.65 Å². The highest BCUT2D eigenvalue weighted by Crippen LogP contribution is 2.24. The van der Waals surface area contributed by atoms with Crippen LogP contribution in [0.3, 0.4) is 0 Å². The molecule has 0 atom stereocenters. The summed E-state index contributed by atoms with van der Waals surface area (Å²) in [5.74, 6) is 0. The molecule has 2 heterocycles. The number of hydrogen-bond donors (Lipinski definition) is 1. The first-order valence-electron chi connectivity index (χ1n) is 7.24. The van der Waals surface area contributed by atoms with E-state index in [0.717, 1.165) is 24.4 Å². The van der Waals surface area contributed by atoms with Gasteiger partial charge in [0.2, 0.25) is 0 Å². The fraction of sp³-hybridized carbons (Fsp3) is 0.533. The summed E-state index contributed by atoms with van der Waals surface area (Å²) in [6, 6.07) is 4.38. The Kier molecular flexibility index (Phi) is 4.24. The highest BCUT2D eigenvalue weighted by atomic mass is 35.5. The van der Waals surface area contributed by atoms with Crippen LogP contribution in [0.4, 0.5) is 0 Å². The fourth-order valence-electron chi connectivity index (χ4n) is 3.09. The number of hydrogen-bond acceptors (Lipinski definition) is 3. The number of imidazole rings is 1. The van der Waals surface area contributed by atoms with E-state index in [1.54, 1.807) is 0 Å². The molecule has 1 N–H and O–H groups in total. The molecule has 0 bridgehead atoms.